The lowest BCUT2D eigenvalue weighted by Gasteiger charge is -2.31. The van der Waals surface area contributed by atoms with Crippen LogP contribution in [0.15, 0.2) is 58.8 Å². The summed E-state index contributed by atoms with van der Waals surface area (Å²) in [6, 6.07) is 13.4. The van der Waals surface area contributed by atoms with Crippen LogP contribution in [0, 0.1) is 0 Å². The molecule has 1 N–H and O–H groups in total. The average molecular weight is 477 g/mol. The number of thiazole rings is 1. The minimum atomic E-state index is -3.65. The van der Waals surface area contributed by atoms with Crippen LogP contribution in [-0.2, 0) is 10.0 Å². The van der Waals surface area contributed by atoms with Crippen molar-refractivity contribution in [2.45, 2.75) is 4.90 Å². The highest BCUT2D eigenvalue weighted by molar-refractivity contribution is 7.89. The third-order valence-electron chi connectivity index (χ3n) is 5.06. The zero-order valence-corrected chi connectivity index (χ0v) is 19.2. The van der Waals surface area contributed by atoms with Crippen molar-refractivity contribution in [1.29, 1.82) is 0 Å². The number of halogens is 1. The maximum absolute atomic E-state index is 13.0. The number of amides is 1. The van der Waals surface area contributed by atoms with Crippen molar-refractivity contribution in [3.63, 3.8) is 0 Å². The van der Waals surface area contributed by atoms with Gasteiger partial charge < -0.3 is 4.90 Å². The Kier molecular flexibility index (Phi) is 6.40. The van der Waals surface area contributed by atoms with Crippen LogP contribution in [0.25, 0.3) is 11.3 Å². The average Bonchev–Trinajstić information content (AvgIpc) is 3.23. The molecule has 1 saturated heterocycles. The summed E-state index contributed by atoms with van der Waals surface area (Å²) in [6.45, 7) is 2.22. The molecule has 1 aromatic heterocycles. The van der Waals surface area contributed by atoms with Gasteiger partial charge in [0.2, 0.25) is 10.0 Å². The van der Waals surface area contributed by atoms with Crippen LogP contribution in [0.3, 0.4) is 0 Å². The fraction of sp³-hybridized carbons (Fsp3) is 0.238. The fourth-order valence-corrected chi connectivity index (χ4v) is 5.54. The summed E-state index contributed by atoms with van der Waals surface area (Å²) in [4.78, 5) is 19.4. The van der Waals surface area contributed by atoms with Crippen molar-refractivity contribution in [3.05, 3.63) is 64.5 Å². The van der Waals surface area contributed by atoms with E-state index in [0.717, 1.165) is 11.3 Å². The molecule has 0 radical (unpaired) electrons. The number of rotatable bonds is 5. The van der Waals surface area contributed by atoms with Gasteiger partial charge in [0, 0.05) is 47.7 Å². The van der Waals surface area contributed by atoms with Crippen LogP contribution in [0.5, 0.6) is 0 Å². The largest absolute Gasteiger partial charge is 0.304 e. The predicted molar refractivity (Wildman–Crippen MR) is 123 cm³/mol. The number of nitrogens with one attached hydrogen (secondary N) is 1. The van der Waals surface area contributed by atoms with Gasteiger partial charge in [0.25, 0.3) is 5.91 Å². The highest BCUT2D eigenvalue weighted by atomic mass is 35.5. The van der Waals surface area contributed by atoms with Gasteiger partial charge in [-0.15, -0.1) is 11.3 Å². The number of benzene rings is 2. The number of hydrogen-bond acceptors (Lipinski definition) is 6. The third-order valence-corrected chi connectivity index (χ3v) is 7.97. The van der Waals surface area contributed by atoms with E-state index in [-0.39, 0.29) is 10.5 Å². The van der Waals surface area contributed by atoms with Crippen LogP contribution >= 0.6 is 22.9 Å². The van der Waals surface area contributed by atoms with E-state index in [1.807, 2.05) is 24.6 Å². The third kappa shape index (κ3) is 4.97. The lowest BCUT2D eigenvalue weighted by Crippen LogP contribution is -2.47. The van der Waals surface area contributed by atoms with Gasteiger partial charge in [0.15, 0.2) is 5.13 Å². The molecule has 0 atom stereocenters. The summed E-state index contributed by atoms with van der Waals surface area (Å²) in [5, 5.41) is 5.66. The van der Waals surface area contributed by atoms with Crippen LogP contribution in [-0.4, -0.2) is 61.7 Å². The van der Waals surface area contributed by atoms with Gasteiger partial charge in [-0.1, -0.05) is 29.8 Å². The Morgan fingerprint density at radius 1 is 1.10 bits per heavy atom. The molecule has 1 amide bonds. The Morgan fingerprint density at radius 2 is 1.81 bits per heavy atom. The normalized spacial score (nSPS) is 15.7. The molecule has 162 valence electrons. The highest BCUT2D eigenvalue weighted by Crippen LogP contribution is 2.26. The molecule has 7 nitrogen and oxygen atoms in total. The SMILES string of the molecule is CN1CCN(S(=O)(=O)c2cccc(C(=O)Nc3nc(-c4ccc(Cl)cc4)cs3)c2)CC1. The first-order valence-corrected chi connectivity index (χ1v) is 12.3. The number of aromatic nitrogens is 1. The Bertz CT molecular complexity index is 1190. The lowest BCUT2D eigenvalue weighted by molar-refractivity contribution is 0.102. The quantitative estimate of drug-likeness (QED) is 0.607. The van der Waals surface area contributed by atoms with Gasteiger partial charge in [-0.05, 0) is 37.4 Å². The second-order valence-electron chi connectivity index (χ2n) is 7.23. The summed E-state index contributed by atoms with van der Waals surface area (Å²) in [7, 11) is -1.68. The van der Waals surface area contributed by atoms with Crippen LogP contribution in [0.2, 0.25) is 5.02 Å². The molecule has 10 heteroatoms. The standard InChI is InChI=1S/C21H21ClN4O3S2/c1-25-9-11-26(12-10-25)31(28,29)18-4-2-3-16(13-18)20(27)24-21-23-19(14-30-21)15-5-7-17(22)8-6-15/h2-8,13-14H,9-12H2,1H3,(H,23,24,27). The molecule has 1 aliphatic rings. The number of nitrogens with zero attached hydrogens (tertiary/aromatic N) is 3. The maximum atomic E-state index is 13.0. The van der Waals surface area contributed by atoms with Gasteiger partial charge in [-0.3, -0.25) is 10.1 Å². The van der Waals surface area contributed by atoms with Gasteiger partial charge in [-0.2, -0.15) is 4.31 Å². The molecule has 0 bridgehead atoms. The zero-order valence-electron chi connectivity index (χ0n) is 16.8. The van der Waals surface area contributed by atoms with E-state index >= 15 is 0 Å². The number of carbonyl (C=O) groups excluding carboxylic acids is 1. The highest BCUT2D eigenvalue weighted by Gasteiger charge is 2.28. The second-order valence-corrected chi connectivity index (χ2v) is 10.5. The molecular weight excluding hydrogens is 456 g/mol. The molecular formula is C21H21ClN4O3S2. The lowest BCUT2D eigenvalue weighted by atomic mass is 10.2. The van der Waals surface area contributed by atoms with Gasteiger partial charge in [0.05, 0.1) is 10.6 Å². The number of piperazine rings is 1. The Morgan fingerprint density at radius 3 is 2.52 bits per heavy atom. The van der Waals surface area contributed by atoms with E-state index in [0.29, 0.717) is 36.3 Å². The molecule has 0 spiro atoms. The van der Waals surface area contributed by atoms with E-state index in [1.165, 1.54) is 27.8 Å². The summed E-state index contributed by atoms with van der Waals surface area (Å²) in [5.41, 5.74) is 1.88. The maximum Gasteiger partial charge on any atom is 0.257 e. The monoisotopic (exact) mass is 476 g/mol. The number of hydrogen-bond donors (Lipinski definition) is 1. The molecule has 3 aromatic rings. The number of likely N-dealkylation sites (N-methyl/N-ethyl adjacent to an activating group) is 1. The molecule has 2 heterocycles. The summed E-state index contributed by atoms with van der Waals surface area (Å²) >= 11 is 7.22. The van der Waals surface area contributed by atoms with Crippen molar-refractivity contribution in [1.82, 2.24) is 14.2 Å². The second kappa shape index (κ2) is 9.05. The molecule has 0 saturated carbocycles. The van der Waals surface area contributed by atoms with Gasteiger partial charge in [0.1, 0.15) is 0 Å². The molecule has 1 fully saturated rings. The number of sulfonamides is 1. The first-order chi connectivity index (χ1) is 14.8. The summed E-state index contributed by atoms with van der Waals surface area (Å²) in [6.07, 6.45) is 0. The summed E-state index contributed by atoms with van der Waals surface area (Å²) in [5.74, 6) is -0.410. The smallest absolute Gasteiger partial charge is 0.257 e. The first kappa shape index (κ1) is 21.9. The van der Waals surface area contributed by atoms with Crippen molar-refractivity contribution in [2.75, 3.05) is 38.5 Å². The topological polar surface area (TPSA) is 82.6 Å². The van der Waals surface area contributed by atoms with Crippen molar-refractivity contribution >= 4 is 44.0 Å². The van der Waals surface area contributed by atoms with Crippen molar-refractivity contribution < 1.29 is 13.2 Å². The Hall–Kier alpha value is -2.30. The molecule has 0 unspecified atom stereocenters. The van der Waals surface area contributed by atoms with E-state index < -0.39 is 15.9 Å². The van der Waals surface area contributed by atoms with Crippen molar-refractivity contribution in [2.24, 2.45) is 0 Å². The van der Waals surface area contributed by atoms with Gasteiger partial charge in [-0.25, -0.2) is 13.4 Å². The minimum Gasteiger partial charge on any atom is -0.304 e. The number of carbonyl (C=O) groups is 1. The molecule has 31 heavy (non-hydrogen) atoms. The molecule has 1 aliphatic heterocycles. The van der Waals surface area contributed by atoms with E-state index in [4.69, 9.17) is 11.6 Å². The summed E-state index contributed by atoms with van der Waals surface area (Å²) < 4.78 is 27.4. The van der Waals surface area contributed by atoms with Crippen LogP contribution in [0.1, 0.15) is 10.4 Å². The van der Waals surface area contributed by atoms with Gasteiger partial charge >= 0.3 is 0 Å². The predicted octanol–water partition coefficient (Wildman–Crippen LogP) is 3.65. The van der Waals surface area contributed by atoms with Crippen LogP contribution < -0.4 is 5.32 Å². The number of anilines is 1. The zero-order chi connectivity index (χ0) is 22.0. The Labute approximate surface area is 190 Å². The minimum absolute atomic E-state index is 0.116. The molecule has 2 aromatic carbocycles. The van der Waals surface area contributed by atoms with E-state index in [9.17, 15) is 13.2 Å². The Balaban J connectivity index is 1.49. The first-order valence-electron chi connectivity index (χ1n) is 9.64. The van der Waals surface area contributed by atoms with Crippen molar-refractivity contribution in [3.8, 4) is 11.3 Å². The molecule has 0 aliphatic carbocycles. The van der Waals surface area contributed by atoms with E-state index in [2.05, 4.69) is 15.2 Å². The molecule has 4 rings (SSSR count). The van der Waals surface area contributed by atoms with E-state index in [1.54, 1.807) is 24.3 Å². The van der Waals surface area contributed by atoms with Crippen LogP contribution in [0.4, 0.5) is 5.13 Å². The fourth-order valence-electron chi connectivity index (χ4n) is 3.23.